The van der Waals surface area contributed by atoms with Crippen LogP contribution in [0.5, 0.6) is 0 Å². The molecule has 0 aliphatic heterocycles. The average molecular weight is 575 g/mol. The zero-order valence-electron chi connectivity index (χ0n) is 17.3. The van der Waals surface area contributed by atoms with Crippen LogP contribution < -0.4 is 10.4 Å². The summed E-state index contributed by atoms with van der Waals surface area (Å²) in [5.41, 5.74) is -5.45. The zero-order chi connectivity index (χ0) is 22.3. The Balaban J connectivity index is 2.69. The van der Waals surface area contributed by atoms with Gasteiger partial charge in [0.25, 0.3) is 0 Å². The van der Waals surface area contributed by atoms with Gasteiger partial charge in [-0.2, -0.15) is 0 Å². The van der Waals surface area contributed by atoms with Crippen LogP contribution in [0.4, 0.5) is 13.2 Å². The summed E-state index contributed by atoms with van der Waals surface area (Å²) in [7, 11) is -9.21. The van der Waals surface area contributed by atoms with Crippen molar-refractivity contribution in [3.8, 4) is 0 Å². The van der Waals surface area contributed by atoms with Crippen molar-refractivity contribution in [1.29, 1.82) is 0 Å². The van der Waals surface area contributed by atoms with Gasteiger partial charge in [0.2, 0.25) is 0 Å². The second-order valence-corrected chi connectivity index (χ2v) is 25.3. The molecule has 0 heterocycles. The van der Waals surface area contributed by atoms with E-state index < -0.39 is 52.0 Å². The molecule has 0 aromatic heterocycles. The zero-order valence-corrected chi connectivity index (χ0v) is 22.2. The van der Waals surface area contributed by atoms with Gasteiger partial charge < -0.3 is 0 Å². The maximum atomic E-state index is 13.0. The Hall–Kier alpha value is -0.696. The summed E-state index contributed by atoms with van der Waals surface area (Å²) in [6, 6.07) is 14.0. The first kappa shape index (κ1) is 24.6. The monoisotopic (exact) mass is 574 g/mol. The molecule has 0 spiro atoms. The number of hydrogen-bond acceptors (Lipinski definition) is 3. The molecule has 0 radical (unpaired) electrons. The third kappa shape index (κ3) is 5.93. The van der Waals surface area contributed by atoms with Gasteiger partial charge in [-0.3, -0.25) is 0 Å². The van der Waals surface area contributed by atoms with E-state index in [0.717, 1.165) is 0 Å². The van der Waals surface area contributed by atoms with Crippen LogP contribution in [0.25, 0.3) is 0 Å². The van der Waals surface area contributed by atoms with Gasteiger partial charge in [-0.25, -0.2) is 0 Å². The van der Waals surface area contributed by atoms with E-state index in [1.807, 2.05) is 12.1 Å². The fraction of sp³-hybridized carbons (Fsp3) is 0.368. The Morgan fingerprint density at radius 2 is 1.31 bits per heavy atom. The van der Waals surface area contributed by atoms with E-state index >= 15 is 0 Å². The molecule has 0 saturated carbocycles. The Bertz CT molecular complexity index is 967. The molecule has 0 aliphatic carbocycles. The van der Waals surface area contributed by atoms with E-state index in [1.54, 1.807) is 36.4 Å². The Kier molecular flexibility index (Phi) is 7.15. The summed E-state index contributed by atoms with van der Waals surface area (Å²) in [6.07, 6.45) is 0. The number of alkyl halides is 3. The molecule has 0 aliphatic rings. The van der Waals surface area contributed by atoms with Gasteiger partial charge >= 0.3 is 181 Å². The van der Waals surface area contributed by atoms with Gasteiger partial charge in [0.15, 0.2) is 0 Å². The number of rotatable bonds is 6. The van der Waals surface area contributed by atoms with Crippen molar-refractivity contribution in [3.63, 3.8) is 0 Å². The third-order valence-electron chi connectivity index (χ3n) is 4.16. The fourth-order valence-corrected chi connectivity index (χ4v) is 14.8. The Labute approximate surface area is 180 Å². The molecular weight excluding hydrogens is 548 g/mol. The molecular formula is C19H26F3IO3SSi2. The number of halogens is 4. The van der Waals surface area contributed by atoms with Crippen LogP contribution >= 0.6 is 20.2 Å². The average Bonchev–Trinajstić information content (AvgIpc) is 2.57. The molecule has 2 aromatic rings. The van der Waals surface area contributed by atoms with E-state index in [9.17, 15) is 21.6 Å². The van der Waals surface area contributed by atoms with Gasteiger partial charge in [-0.15, -0.1) is 0 Å². The van der Waals surface area contributed by atoms with Crippen LogP contribution in [-0.4, -0.2) is 30.1 Å². The maximum absolute atomic E-state index is 13.0. The van der Waals surface area contributed by atoms with Crippen molar-refractivity contribution in [2.45, 2.75) is 44.8 Å². The molecule has 0 saturated heterocycles. The van der Waals surface area contributed by atoms with Gasteiger partial charge in [0.1, 0.15) is 0 Å². The van der Waals surface area contributed by atoms with Crippen LogP contribution in [0.2, 0.25) is 39.3 Å². The standard InChI is InChI=1S/C19H26F3IO3SSi2/c1-28(2,3)17-13-12-16(14-18(17)29(4,5)6)23(15-10-8-7-9-11-15)26-27(24,25)19(20,21)22/h7-14H,1-6H3. The molecule has 3 nitrogen and oxygen atoms in total. The van der Waals surface area contributed by atoms with Crippen molar-refractivity contribution < 1.29 is 24.1 Å². The fourth-order valence-electron chi connectivity index (χ4n) is 2.74. The molecule has 2 aromatic carbocycles. The Morgan fingerprint density at radius 3 is 1.76 bits per heavy atom. The van der Waals surface area contributed by atoms with Crippen LogP contribution in [0, 0.1) is 7.14 Å². The molecule has 0 atom stereocenters. The minimum absolute atomic E-state index is 0.506. The van der Waals surface area contributed by atoms with Crippen molar-refractivity contribution in [3.05, 3.63) is 55.7 Å². The number of hydrogen-bond donors (Lipinski definition) is 0. The van der Waals surface area contributed by atoms with Crippen LogP contribution in [0.1, 0.15) is 0 Å². The summed E-state index contributed by atoms with van der Waals surface area (Å²) < 4.78 is 68.7. The Morgan fingerprint density at radius 1 is 0.793 bits per heavy atom. The van der Waals surface area contributed by atoms with Crippen molar-refractivity contribution >= 4 is 56.9 Å². The molecule has 29 heavy (non-hydrogen) atoms. The summed E-state index contributed by atoms with van der Waals surface area (Å²) in [6.45, 7) is 13.2. The molecule has 162 valence electrons. The first-order valence-electron chi connectivity index (χ1n) is 8.95. The van der Waals surface area contributed by atoms with Crippen LogP contribution in [-0.2, 0) is 12.6 Å². The second-order valence-electron chi connectivity index (χ2n) is 8.70. The van der Waals surface area contributed by atoms with Gasteiger partial charge in [0.05, 0.1) is 0 Å². The summed E-state index contributed by atoms with van der Waals surface area (Å²) in [5, 5.41) is 2.43. The van der Waals surface area contributed by atoms with E-state index in [-0.39, 0.29) is 0 Å². The first-order chi connectivity index (χ1) is 13.0. The summed E-state index contributed by atoms with van der Waals surface area (Å²) in [4.78, 5) is 0. The normalized spacial score (nSPS) is 14.0. The van der Waals surface area contributed by atoms with E-state index in [0.29, 0.717) is 7.14 Å². The molecule has 10 heteroatoms. The van der Waals surface area contributed by atoms with E-state index in [2.05, 4.69) is 39.3 Å². The molecule has 0 fully saturated rings. The predicted octanol–water partition coefficient (Wildman–Crippen LogP) is 5.10. The van der Waals surface area contributed by atoms with Crippen LogP contribution in [0.15, 0.2) is 48.5 Å². The number of benzene rings is 2. The van der Waals surface area contributed by atoms with Gasteiger partial charge in [-0.05, 0) is 0 Å². The van der Waals surface area contributed by atoms with Crippen molar-refractivity contribution in [2.24, 2.45) is 0 Å². The predicted molar refractivity (Wildman–Crippen MR) is 126 cm³/mol. The van der Waals surface area contributed by atoms with Crippen LogP contribution in [0.3, 0.4) is 0 Å². The van der Waals surface area contributed by atoms with Gasteiger partial charge in [-0.1, -0.05) is 0 Å². The van der Waals surface area contributed by atoms with Crippen molar-refractivity contribution in [1.82, 2.24) is 0 Å². The quantitative estimate of drug-likeness (QED) is 0.274. The molecule has 0 amide bonds. The molecule has 0 N–H and O–H groups in total. The summed E-state index contributed by atoms with van der Waals surface area (Å²) >= 11 is -3.34. The molecule has 0 bridgehead atoms. The topological polar surface area (TPSA) is 43.4 Å². The molecule has 0 unspecified atom stereocenters. The third-order valence-corrected chi connectivity index (χ3v) is 15.5. The summed E-state index contributed by atoms with van der Waals surface area (Å²) in [5.74, 6) is 0. The second kappa shape index (κ2) is 8.44. The SMILES string of the molecule is C[Si](C)(C)c1ccc(I(OS(=O)(=O)C(F)(F)F)c2ccccc2)cc1[Si](C)(C)C. The molecule has 2 rings (SSSR count). The minimum atomic E-state index is -5.69. The van der Waals surface area contributed by atoms with E-state index in [4.69, 9.17) is 2.51 Å². The van der Waals surface area contributed by atoms with E-state index in [1.165, 1.54) is 10.4 Å². The van der Waals surface area contributed by atoms with Crippen molar-refractivity contribution in [2.75, 3.05) is 0 Å². The van der Waals surface area contributed by atoms with Gasteiger partial charge in [0, 0.05) is 0 Å². The first-order valence-corrected chi connectivity index (χ1v) is 20.4.